The lowest BCUT2D eigenvalue weighted by Gasteiger charge is -2.11. The molecule has 124 valence electrons. The average molecular weight is 322 g/mol. The molecule has 0 atom stereocenters. The van der Waals surface area contributed by atoms with Crippen LogP contribution in [0, 0.1) is 20.8 Å². The third-order valence-corrected chi connectivity index (χ3v) is 3.58. The van der Waals surface area contributed by atoms with Crippen LogP contribution in [-0.4, -0.2) is 11.8 Å². The third kappa shape index (κ3) is 4.81. The van der Waals surface area contributed by atoms with Crippen molar-refractivity contribution in [3.63, 3.8) is 0 Å². The zero-order valence-corrected chi connectivity index (χ0v) is 14.4. The highest BCUT2D eigenvalue weighted by Gasteiger charge is 2.06. The van der Waals surface area contributed by atoms with E-state index in [9.17, 15) is 9.59 Å². The van der Waals surface area contributed by atoms with E-state index in [4.69, 9.17) is 0 Å². The third-order valence-electron chi connectivity index (χ3n) is 3.58. The van der Waals surface area contributed by atoms with Crippen molar-refractivity contribution in [2.75, 3.05) is 10.6 Å². The molecule has 0 unspecified atom stereocenters. The van der Waals surface area contributed by atoms with E-state index in [2.05, 4.69) is 10.6 Å². The van der Waals surface area contributed by atoms with Crippen molar-refractivity contribution in [3.8, 4) is 0 Å². The summed E-state index contributed by atoms with van der Waals surface area (Å²) >= 11 is 0. The maximum Gasteiger partial charge on any atom is 0.248 e. The van der Waals surface area contributed by atoms with E-state index >= 15 is 0 Å². The molecule has 0 saturated heterocycles. The van der Waals surface area contributed by atoms with Crippen LogP contribution in [0.25, 0.3) is 6.08 Å². The first-order valence-corrected chi connectivity index (χ1v) is 7.79. The topological polar surface area (TPSA) is 58.2 Å². The highest BCUT2D eigenvalue weighted by Crippen LogP contribution is 2.22. The molecule has 2 rings (SSSR count). The van der Waals surface area contributed by atoms with Crippen molar-refractivity contribution in [3.05, 3.63) is 64.7 Å². The van der Waals surface area contributed by atoms with Crippen LogP contribution in [0.5, 0.6) is 0 Å². The maximum absolute atomic E-state index is 12.1. The Morgan fingerprint density at radius 3 is 2.04 bits per heavy atom. The molecule has 2 amide bonds. The van der Waals surface area contributed by atoms with E-state index in [-0.39, 0.29) is 11.8 Å². The van der Waals surface area contributed by atoms with Crippen molar-refractivity contribution in [2.24, 2.45) is 0 Å². The predicted molar refractivity (Wildman–Crippen MR) is 99.1 cm³/mol. The average Bonchev–Trinajstić information content (AvgIpc) is 2.49. The van der Waals surface area contributed by atoms with Gasteiger partial charge in [-0.25, -0.2) is 0 Å². The van der Waals surface area contributed by atoms with Crippen molar-refractivity contribution >= 4 is 29.3 Å². The van der Waals surface area contributed by atoms with Gasteiger partial charge in [-0.15, -0.1) is 0 Å². The van der Waals surface area contributed by atoms with Crippen LogP contribution in [0.2, 0.25) is 0 Å². The van der Waals surface area contributed by atoms with Gasteiger partial charge in [0, 0.05) is 24.4 Å². The summed E-state index contributed by atoms with van der Waals surface area (Å²) < 4.78 is 0. The molecule has 24 heavy (non-hydrogen) atoms. The van der Waals surface area contributed by atoms with Crippen LogP contribution in [0.4, 0.5) is 11.4 Å². The van der Waals surface area contributed by atoms with Gasteiger partial charge >= 0.3 is 0 Å². The summed E-state index contributed by atoms with van der Waals surface area (Å²) in [4.78, 5) is 23.1. The maximum atomic E-state index is 12.1. The van der Waals surface area contributed by atoms with Crippen molar-refractivity contribution in [2.45, 2.75) is 27.7 Å². The zero-order chi connectivity index (χ0) is 17.7. The first-order valence-electron chi connectivity index (χ1n) is 7.79. The molecule has 2 aromatic carbocycles. The van der Waals surface area contributed by atoms with Gasteiger partial charge in [0.25, 0.3) is 0 Å². The number of benzene rings is 2. The largest absolute Gasteiger partial charge is 0.326 e. The van der Waals surface area contributed by atoms with Crippen LogP contribution in [-0.2, 0) is 9.59 Å². The van der Waals surface area contributed by atoms with Crippen LogP contribution in [0.1, 0.15) is 29.2 Å². The molecule has 0 fully saturated rings. The van der Waals surface area contributed by atoms with Gasteiger partial charge in [-0.05, 0) is 55.7 Å². The second kappa shape index (κ2) is 7.59. The van der Waals surface area contributed by atoms with E-state index in [1.54, 1.807) is 18.2 Å². The molecule has 0 aliphatic heterocycles. The van der Waals surface area contributed by atoms with Crippen LogP contribution in [0.15, 0.2) is 42.5 Å². The molecule has 4 heteroatoms. The summed E-state index contributed by atoms with van der Waals surface area (Å²) in [5, 5.41) is 5.63. The van der Waals surface area contributed by atoms with Gasteiger partial charge in [0.05, 0.1) is 0 Å². The van der Waals surface area contributed by atoms with E-state index in [0.29, 0.717) is 0 Å². The molecule has 2 aromatic rings. The fourth-order valence-corrected chi connectivity index (χ4v) is 2.59. The minimum absolute atomic E-state index is 0.110. The van der Waals surface area contributed by atoms with Crippen molar-refractivity contribution in [1.29, 1.82) is 0 Å². The minimum atomic E-state index is -0.170. The lowest BCUT2D eigenvalue weighted by Crippen LogP contribution is -2.10. The van der Waals surface area contributed by atoms with Gasteiger partial charge in [0.1, 0.15) is 0 Å². The standard InChI is InChI=1S/C20H22N2O2/c1-13-11-14(2)20(15(3)12-13)22-19(24)10-7-17-5-8-18(9-6-17)21-16(4)23/h5-12H,1-4H3,(H,21,23)(H,22,24)/b10-7+. The van der Waals surface area contributed by atoms with E-state index in [0.717, 1.165) is 28.1 Å². The molecule has 0 spiro atoms. The Kier molecular flexibility index (Phi) is 5.53. The van der Waals surface area contributed by atoms with Crippen molar-refractivity contribution < 1.29 is 9.59 Å². The summed E-state index contributed by atoms with van der Waals surface area (Å²) in [6.07, 6.45) is 3.25. The number of carbonyl (C=O) groups excluding carboxylic acids is 2. The number of anilines is 2. The van der Waals surface area contributed by atoms with E-state index < -0.39 is 0 Å². The molecule has 0 bridgehead atoms. The highest BCUT2D eigenvalue weighted by atomic mass is 16.2. The zero-order valence-electron chi connectivity index (χ0n) is 14.4. The molecule has 0 heterocycles. The number of nitrogens with one attached hydrogen (secondary N) is 2. The Hall–Kier alpha value is -2.88. The van der Waals surface area contributed by atoms with E-state index in [1.165, 1.54) is 18.6 Å². The number of amides is 2. The lowest BCUT2D eigenvalue weighted by atomic mass is 10.1. The Bertz CT molecular complexity index is 767. The van der Waals surface area contributed by atoms with Gasteiger partial charge < -0.3 is 10.6 Å². The van der Waals surface area contributed by atoms with Gasteiger partial charge in [-0.3, -0.25) is 9.59 Å². The molecular weight excluding hydrogens is 300 g/mol. The molecule has 0 aromatic heterocycles. The Morgan fingerprint density at radius 2 is 1.50 bits per heavy atom. The highest BCUT2D eigenvalue weighted by molar-refractivity contribution is 6.02. The molecule has 4 nitrogen and oxygen atoms in total. The fraction of sp³-hybridized carbons (Fsp3) is 0.200. The fourth-order valence-electron chi connectivity index (χ4n) is 2.59. The Balaban J connectivity index is 2.04. The lowest BCUT2D eigenvalue weighted by molar-refractivity contribution is -0.114. The number of rotatable bonds is 4. The van der Waals surface area contributed by atoms with Crippen molar-refractivity contribution in [1.82, 2.24) is 0 Å². The summed E-state index contributed by atoms with van der Waals surface area (Å²) in [6.45, 7) is 7.48. The first-order chi connectivity index (χ1) is 11.3. The second-order valence-corrected chi connectivity index (χ2v) is 5.90. The van der Waals surface area contributed by atoms with Crippen LogP contribution < -0.4 is 10.6 Å². The van der Waals surface area contributed by atoms with Gasteiger partial charge in [-0.2, -0.15) is 0 Å². The Labute approximate surface area is 142 Å². The first kappa shape index (κ1) is 17.5. The summed E-state index contributed by atoms with van der Waals surface area (Å²) in [5.74, 6) is -0.280. The second-order valence-electron chi connectivity index (χ2n) is 5.90. The number of hydrogen-bond acceptors (Lipinski definition) is 2. The van der Waals surface area contributed by atoms with Crippen LogP contribution in [0.3, 0.4) is 0 Å². The van der Waals surface area contributed by atoms with Gasteiger partial charge in [0.2, 0.25) is 11.8 Å². The summed E-state index contributed by atoms with van der Waals surface area (Å²) in [5.41, 5.74) is 5.75. The molecule has 2 N–H and O–H groups in total. The van der Waals surface area contributed by atoms with Gasteiger partial charge in [-0.1, -0.05) is 29.8 Å². The quantitative estimate of drug-likeness (QED) is 0.828. The number of carbonyl (C=O) groups is 2. The molecule has 0 aliphatic carbocycles. The molecule has 0 aliphatic rings. The van der Waals surface area contributed by atoms with Crippen LogP contribution >= 0.6 is 0 Å². The van der Waals surface area contributed by atoms with E-state index in [1.807, 2.05) is 45.0 Å². The predicted octanol–water partition coefficient (Wildman–Crippen LogP) is 4.22. The number of aryl methyl sites for hydroxylation is 3. The molecular formula is C20H22N2O2. The molecule has 0 saturated carbocycles. The smallest absolute Gasteiger partial charge is 0.248 e. The minimum Gasteiger partial charge on any atom is -0.326 e. The summed E-state index contributed by atoms with van der Waals surface area (Å²) in [6, 6.07) is 11.4. The number of hydrogen-bond donors (Lipinski definition) is 2. The normalized spacial score (nSPS) is 10.7. The van der Waals surface area contributed by atoms with Gasteiger partial charge in [0.15, 0.2) is 0 Å². The monoisotopic (exact) mass is 322 g/mol. The summed E-state index contributed by atoms with van der Waals surface area (Å²) in [7, 11) is 0. The SMILES string of the molecule is CC(=O)Nc1ccc(/C=C/C(=O)Nc2c(C)cc(C)cc2C)cc1. The Morgan fingerprint density at radius 1 is 0.917 bits per heavy atom. The molecule has 0 radical (unpaired) electrons.